The van der Waals surface area contributed by atoms with Gasteiger partial charge in [0.25, 0.3) is 0 Å². The summed E-state index contributed by atoms with van der Waals surface area (Å²) in [5.41, 5.74) is 2.80. The molecule has 0 saturated carbocycles. The Bertz CT molecular complexity index is 258. The van der Waals surface area contributed by atoms with E-state index in [0.29, 0.717) is 0 Å². The van der Waals surface area contributed by atoms with Crippen molar-refractivity contribution < 1.29 is 0 Å². The number of thiol groups is 1. The molecular formula is C12H18S2. The summed E-state index contributed by atoms with van der Waals surface area (Å²) in [5.74, 6) is 3.42. The number of unbranched alkanes of at least 4 members (excludes halogenated alkanes) is 1. The third-order valence-electron chi connectivity index (χ3n) is 2.05. The molecule has 0 fully saturated rings. The molecule has 0 amide bonds. The summed E-state index contributed by atoms with van der Waals surface area (Å²) >= 11 is 6.22. The molecule has 0 radical (unpaired) electrons. The van der Waals surface area contributed by atoms with Gasteiger partial charge in [-0.05, 0) is 36.8 Å². The van der Waals surface area contributed by atoms with Gasteiger partial charge in [0.1, 0.15) is 0 Å². The first-order valence-electron chi connectivity index (χ1n) is 5.07. The van der Waals surface area contributed by atoms with Crippen molar-refractivity contribution in [1.82, 2.24) is 0 Å². The molecule has 1 rings (SSSR count). The van der Waals surface area contributed by atoms with Crippen molar-refractivity contribution in [2.75, 3.05) is 11.5 Å². The summed E-state index contributed by atoms with van der Waals surface area (Å²) in [4.78, 5) is 0. The molecule has 0 aliphatic rings. The van der Waals surface area contributed by atoms with Crippen LogP contribution in [0.2, 0.25) is 0 Å². The van der Waals surface area contributed by atoms with Gasteiger partial charge in [-0.25, -0.2) is 0 Å². The Morgan fingerprint density at radius 3 is 2.86 bits per heavy atom. The van der Waals surface area contributed by atoms with Crippen LogP contribution in [0.4, 0.5) is 0 Å². The van der Waals surface area contributed by atoms with E-state index in [-0.39, 0.29) is 0 Å². The monoisotopic (exact) mass is 226 g/mol. The first-order valence-corrected chi connectivity index (χ1v) is 6.86. The number of aryl methyl sites for hydroxylation is 1. The second-order valence-electron chi connectivity index (χ2n) is 3.47. The summed E-state index contributed by atoms with van der Waals surface area (Å²) in [6.07, 6.45) is 2.53. The highest BCUT2D eigenvalue weighted by molar-refractivity contribution is 7.98. The fourth-order valence-electron chi connectivity index (χ4n) is 1.31. The van der Waals surface area contributed by atoms with Gasteiger partial charge in [-0.3, -0.25) is 0 Å². The molecule has 0 atom stereocenters. The van der Waals surface area contributed by atoms with Crippen molar-refractivity contribution in [2.24, 2.45) is 0 Å². The zero-order valence-corrected chi connectivity index (χ0v) is 10.4. The molecule has 1 aromatic rings. The highest BCUT2D eigenvalue weighted by Crippen LogP contribution is 2.14. The Labute approximate surface area is 96.9 Å². The van der Waals surface area contributed by atoms with E-state index < -0.39 is 0 Å². The van der Waals surface area contributed by atoms with Gasteiger partial charge in [0.2, 0.25) is 0 Å². The SMILES string of the molecule is Cc1cccc(CSCCCCS)c1. The maximum Gasteiger partial charge on any atom is 0.0184 e. The largest absolute Gasteiger partial charge is 0.179 e. The van der Waals surface area contributed by atoms with Crippen LogP contribution in [-0.4, -0.2) is 11.5 Å². The first kappa shape index (κ1) is 12.0. The van der Waals surface area contributed by atoms with Gasteiger partial charge in [0.05, 0.1) is 0 Å². The molecule has 0 N–H and O–H groups in total. The van der Waals surface area contributed by atoms with E-state index in [2.05, 4.69) is 43.8 Å². The molecule has 1 aromatic carbocycles. The van der Waals surface area contributed by atoms with E-state index in [4.69, 9.17) is 0 Å². The van der Waals surface area contributed by atoms with Gasteiger partial charge in [-0.2, -0.15) is 24.4 Å². The van der Waals surface area contributed by atoms with Gasteiger partial charge < -0.3 is 0 Å². The van der Waals surface area contributed by atoms with E-state index in [1.807, 2.05) is 11.8 Å². The molecule has 0 nitrogen and oxygen atoms in total. The van der Waals surface area contributed by atoms with Crippen molar-refractivity contribution in [1.29, 1.82) is 0 Å². The quantitative estimate of drug-likeness (QED) is 0.566. The Balaban J connectivity index is 2.18. The minimum Gasteiger partial charge on any atom is -0.179 e. The zero-order chi connectivity index (χ0) is 10.2. The molecule has 0 spiro atoms. The second kappa shape index (κ2) is 7.24. The third-order valence-corrected chi connectivity index (χ3v) is 3.48. The van der Waals surface area contributed by atoms with E-state index in [9.17, 15) is 0 Å². The molecule has 0 bridgehead atoms. The normalized spacial score (nSPS) is 10.4. The molecule has 2 heteroatoms. The molecule has 14 heavy (non-hydrogen) atoms. The van der Waals surface area contributed by atoms with E-state index in [0.717, 1.165) is 11.5 Å². The van der Waals surface area contributed by atoms with Gasteiger partial charge in [-0.1, -0.05) is 29.8 Å². The Morgan fingerprint density at radius 1 is 1.29 bits per heavy atom. The number of benzene rings is 1. The predicted molar refractivity (Wildman–Crippen MR) is 70.4 cm³/mol. The minimum atomic E-state index is 1.02. The standard InChI is InChI=1S/C12H18S2/c1-11-5-4-6-12(9-11)10-14-8-3-2-7-13/h4-6,9,13H,2-3,7-8,10H2,1H3. The van der Waals surface area contributed by atoms with Gasteiger partial charge in [0.15, 0.2) is 0 Å². The smallest absolute Gasteiger partial charge is 0.0184 e. The number of hydrogen-bond acceptors (Lipinski definition) is 2. The lowest BCUT2D eigenvalue weighted by Crippen LogP contribution is -1.85. The molecule has 78 valence electrons. The van der Waals surface area contributed by atoms with Crippen molar-refractivity contribution in [3.8, 4) is 0 Å². The number of rotatable bonds is 6. The predicted octanol–water partition coefficient (Wildman–Crippen LogP) is 3.94. The van der Waals surface area contributed by atoms with Crippen LogP contribution in [0.1, 0.15) is 24.0 Å². The Morgan fingerprint density at radius 2 is 2.14 bits per heavy atom. The molecule has 0 unspecified atom stereocenters. The van der Waals surface area contributed by atoms with Gasteiger partial charge in [-0.15, -0.1) is 0 Å². The molecule has 0 aliphatic heterocycles. The maximum absolute atomic E-state index is 4.20. The highest BCUT2D eigenvalue weighted by Gasteiger charge is 1.93. The lowest BCUT2D eigenvalue weighted by Gasteiger charge is -2.02. The summed E-state index contributed by atoms with van der Waals surface area (Å²) in [6.45, 7) is 2.15. The van der Waals surface area contributed by atoms with Gasteiger partial charge in [0, 0.05) is 5.75 Å². The Hall–Kier alpha value is -0.0800. The third kappa shape index (κ3) is 4.97. The van der Waals surface area contributed by atoms with Crippen LogP contribution in [0.3, 0.4) is 0 Å². The number of hydrogen-bond donors (Lipinski definition) is 1. The van der Waals surface area contributed by atoms with Crippen LogP contribution in [0, 0.1) is 6.92 Å². The Kier molecular flexibility index (Phi) is 6.20. The summed E-state index contributed by atoms with van der Waals surface area (Å²) in [6, 6.07) is 8.76. The summed E-state index contributed by atoms with van der Waals surface area (Å²) in [7, 11) is 0. The van der Waals surface area contributed by atoms with Crippen molar-refractivity contribution in [3.63, 3.8) is 0 Å². The second-order valence-corrected chi connectivity index (χ2v) is 5.02. The molecular weight excluding hydrogens is 208 g/mol. The molecule has 0 aliphatic carbocycles. The van der Waals surface area contributed by atoms with Crippen LogP contribution in [0.25, 0.3) is 0 Å². The van der Waals surface area contributed by atoms with Crippen LogP contribution in [0.15, 0.2) is 24.3 Å². The van der Waals surface area contributed by atoms with Crippen LogP contribution in [0.5, 0.6) is 0 Å². The fraction of sp³-hybridized carbons (Fsp3) is 0.500. The summed E-state index contributed by atoms with van der Waals surface area (Å²) < 4.78 is 0. The van der Waals surface area contributed by atoms with Crippen LogP contribution >= 0.6 is 24.4 Å². The van der Waals surface area contributed by atoms with Gasteiger partial charge >= 0.3 is 0 Å². The summed E-state index contributed by atoms with van der Waals surface area (Å²) in [5, 5.41) is 0. The minimum absolute atomic E-state index is 1.02. The van der Waals surface area contributed by atoms with E-state index >= 15 is 0 Å². The van der Waals surface area contributed by atoms with Crippen molar-refractivity contribution in [2.45, 2.75) is 25.5 Å². The first-order chi connectivity index (χ1) is 6.83. The van der Waals surface area contributed by atoms with E-state index in [1.54, 1.807) is 0 Å². The maximum atomic E-state index is 4.20. The lowest BCUT2D eigenvalue weighted by atomic mass is 10.2. The average Bonchev–Trinajstić information content (AvgIpc) is 2.18. The molecule has 0 heterocycles. The van der Waals surface area contributed by atoms with Crippen LogP contribution in [-0.2, 0) is 5.75 Å². The fourth-order valence-corrected chi connectivity index (χ4v) is 2.50. The topological polar surface area (TPSA) is 0 Å². The van der Waals surface area contributed by atoms with Crippen molar-refractivity contribution >= 4 is 24.4 Å². The van der Waals surface area contributed by atoms with Crippen LogP contribution < -0.4 is 0 Å². The van der Waals surface area contributed by atoms with Crippen molar-refractivity contribution in [3.05, 3.63) is 35.4 Å². The number of thioether (sulfide) groups is 1. The average molecular weight is 226 g/mol. The highest BCUT2D eigenvalue weighted by atomic mass is 32.2. The molecule has 0 aromatic heterocycles. The zero-order valence-electron chi connectivity index (χ0n) is 8.70. The van der Waals surface area contributed by atoms with E-state index in [1.165, 1.54) is 29.7 Å². The molecule has 0 saturated heterocycles. The lowest BCUT2D eigenvalue weighted by molar-refractivity contribution is 0.909.